The van der Waals surface area contributed by atoms with Gasteiger partial charge in [-0.05, 0) is 0 Å². The molecule has 3 nitrogen and oxygen atoms in total. The van der Waals surface area contributed by atoms with Crippen LogP contribution in [0.2, 0.25) is 9.63 Å². The van der Waals surface area contributed by atoms with Gasteiger partial charge in [0.05, 0.1) is 0 Å². The molecule has 2 unspecified atom stereocenters. The van der Waals surface area contributed by atoms with Gasteiger partial charge in [0.1, 0.15) is 0 Å². The van der Waals surface area contributed by atoms with Crippen molar-refractivity contribution in [2.45, 2.75) is 115 Å². The molecule has 0 heterocycles. The van der Waals surface area contributed by atoms with Crippen molar-refractivity contribution in [1.29, 1.82) is 0 Å². The van der Waals surface area contributed by atoms with E-state index in [4.69, 9.17) is 9.47 Å². The van der Waals surface area contributed by atoms with E-state index in [0.717, 1.165) is 0 Å². The number of methoxy groups -OCH3 is 1. The minimum atomic E-state index is -0.107. The number of ether oxygens (including phenoxy) is 2. The molecule has 0 saturated heterocycles. The van der Waals surface area contributed by atoms with E-state index in [9.17, 15) is 4.79 Å². The van der Waals surface area contributed by atoms with E-state index in [1.807, 2.05) is 7.11 Å². The number of rotatable bonds is 11. The number of hydrogen-bond donors (Lipinski definition) is 0. The second-order valence-electron chi connectivity index (χ2n) is 9.51. The van der Waals surface area contributed by atoms with Gasteiger partial charge in [-0.15, -0.1) is 0 Å². The fourth-order valence-corrected chi connectivity index (χ4v) is 10.4. The fourth-order valence-electron chi connectivity index (χ4n) is 5.57. The molecule has 2 aliphatic rings. The summed E-state index contributed by atoms with van der Waals surface area (Å²) in [5.41, 5.74) is 0.373. The quantitative estimate of drug-likeness (QED) is 0.287. The van der Waals surface area contributed by atoms with E-state index >= 15 is 0 Å². The van der Waals surface area contributed by atoms with Crippen LogP contribution in [0.5, 0.6) is 0 Å². The molecule has 0 aromatic heterocycles. The van der Waals surface area contributed by atoms with Crippen molar-refractivity contribution in [3.63, 3.8) is 0 Å². The van der Waals surface area contributed by atoms with E-state index in [-0.39, 0.29) is 22.9 Å². The normalized spacial score (nSPS) is 33.8. The zero-order valence-corrected chi connectivity index (χ0v) is 20.4. The van der Waals surface area contributed by atoms with Crippen LogP contribution in [0, 0.1) is 16.7 Å². The molecule has 2 rings (SSSR count). The number of fused-ring (bicyclic) bond motifs is 2. The average molecular weight is 446 g/mol. The Hall–Kier alpha value is -0.0505. The summed E-state index contributed by atoms with van der Waals surface area (Å²) in [6.45, 7) is 13.3. The second-order valence-corrected chi connectivity index (χ2v) is 12.5. The Bertz CT molecular complexity index is 492. The van der Waals surface area contributed by atoms with Crippen LogP contribution in [0.4, 0.5) is 0 Å². The van der Waals surface area contributed by atoms with Gasteiger partial charge in [0.15, 0.2) is 0 Å². The zero-order valence-electron chi connectivity index (χ0n) is 18.7. The molecule has 0 N–H and O–H groups in total. The molecule has 2 bridgehead atoms. The summed E-state index contributed by atoms with van der Waals surface area (Å²) in [5, 5.41) is 0. The first-order valence-corrected chi connectivity index (χ1v) is 13.1. The van der Waals surface area contributed by atoms with Gasteiger partial charge < -0.3 is 0 Å². The maximum absolute atomic E-state index is 11.9. The molecule has 0 aromatic rings. The van der Waals surface area contributed by atoms with Gasteiger partial charge in [-0.3, -0.25) is 0 Å². The number of unbranched alkanes of at least 4 members (excludes halogenated alkanes) is 2. The van der Waals surface area contributed by atoms with Gasteiger partial charge in [0.25, 0.3) is 0 Å². The van der Waals surface area contributed by atoms with Gasteiger partial charge in [0.2, 0.25) is 0 Å². The van der Waals surface area contributed by atoms with E-state index in [2.05, 4.69) is 34.6 Å². The fraction of sp³-hybridized carbons (Fsp3) is 0.957. The first-order valence-electron chi connectivity index (χ1n) is 11.1. The third-order valence-corrected chi connectivity index (χ3v) is 11.5. The molecule has 2 fully saturated rings. The molecule has 0 spiro atoms. The van der Waals surface area contributed by atoms with E-state index in [0.29, 0.717) is 36.6 Å². The monoisotopic (exact) mass is 446 g/mol. The van der Waals surface area contributed by atoms with Gasteiger partial charge in [-0.1, -0.05) is 0 Å². The zero-order chi connectivity index (χ0) is 20.2. The van der Waals surface area contributed by atoms with Crippen LogP contribution in [0.3, 0.4) is 0 Å². The van der Waals surface area contributed by atoms with Crippen molar-refractivity contribution in [3.8, 4) is 0 Å². The van der Waals surface area contributed by atoms with E-state index < -0.39 is 0 Å². The van der Waals surface area contributed by atoms with Gasteiger partial charge in [-0.25, -0.2) is 0 Å². The standard InChI is InChI=1S/C23H42O3Se/c1-8-10-12-18(25-7)19(13-11-9-2)27-20-17-14-15-23(6,22(17,4)5)21(20)26-16(3)24/h17-21H,8-15H2,1-7H3/t17-,18?,19?,20+,21-,23+/m1/s1. The maximum atomic E-state index is 11.9. The van der Waals surface area contributed by atoms with Crippen LogP contribution >= 0.6 is 0 Å². The summed E-state index contributed by atoms with van der Waals surface area (Å²) in [6.07, 6.45) is 10.3. The Balaban J connectivity index is 2.24. The molecule has 0 aromatic carbocycles. The summed E-state index contributed by atoms with van der Waals surface area (Å²) in [4.78, 5) is 13.1. The first kappa shape index (κ1) is 23.2. The van der Waals surface area contributed by atoms with Crippen molar-refractivity contribution < 1.29 is 14.3 Å². The molecule has 6 atom stereocenters. The van der Waals surface area contributed by atoms with Crippen LogP contribution in [0.1, 0.15) is 92.9 Å². The van der Waals surface area contributed by atoms with Gasteiger partial charge in [0, 0.05) is 0 Å². The van der Waals surface area contributed by atoms with Crippen LogP contribution in [-0.2, 0) is 14.3 Å². The molecule has 2 aliphatic carbocycles. The Morgan fingerprint density at radius 1 is 1.15 bits per heavy atom. The summed E-state index contributed by atoms with van der Waals surface area (Å²) < 4.78 is 12.0. The molecule has 0 radical (unpaired) electrons. The van der Waals surface area contributed by atoms with Gasteiger partial charge in [-0.2, -0.15) is 0 Å². The van der Waals surface area contributed by atoms with Crippen molar-refractivity contribution >= 4 is 20.9 Å². The van der Waals surface area contributed by atoms with Crippen LogP contribution in [0.25, 0.3) is 0 Å². The Morgan fingerprint density at radius 3 is 2.33 bits per heavy atom. The van der Waals surface area contributed by atoms with Crippen LogP contribution in [0.15, 0.2) is 0 Å². The van der Waals surface area contributed by atoms with Gasteiger partial charge >= 0.3 is 174 Å². The second kappa shape index (κ2) is 9.63. The molecule has 0 aliphatic heterocycles. The number of esters is 1. The number of hydrogen-bond acceptors (Lipinski definition) is 3. The summed E-state index contributed by atoms with van der Waals surface area (Å²) >= 11 is 0.434. The van der Waals surface area contributed by atoms with Crippen LogP contribution in [-0.4, -0.2) is 40.2 Å². The molecule has 27 heavy (non-hydrogen) atoms. The van der Waals surface area contributed by atoms with Crippen molar-refractivity contribution in [1.82, 2.24) is 0 Å². The summed E-state index contributed by atoms with van der Waals surface area (Å²) in [5.74, 6) is 0.574. The predicted octanol–water partition coefficient (Wildman–Crippen LogP) is 6.05. The topological polar surface area (TPSA) is 35.5 Å². The minimum absolute atomic E-state index is 0.0940. The molecule has 2 saturated carbocycles. The van der Waals surface area contributed by atoms with Crippen LogP contribution < -0.4 is 0 Å². The summed E-state index contributed by atoms with van der Waals surface area (Å²) in [7, 11) is 1.89. The first-order chi connectivity index (χ1) is 12.7. The molecular formula is C23H42O3Se. The van der Waals surface area contributed by atoms with Crippen molar-refractivity contribution in [2.24, 2.45) is 16.7 Å². The number of carbonyl (C=O) groups is 1. The van der Waals surface area contributed by atoms with E-state index in [1.165, 1.54) is 51.4 Å². The Morgan fingerprint density at radius 2 is 1.78 bits per heavy atom. The van der Waals surface area contributed by atoms with Crippen molar-refractivity contribution in [3.05, 3.63) is 0 Å². The Labute approximate surface area is 173 Å². The average Bonchev–Trinajstić information content (AvgIpc) is 2.92. The number of carbonyl (C=O) groups excluding carboxylic acids is 1. The molecule has 4 heteroatoms. The van der Waals surface area contributed by atoms with E-state index in [1.54, 1.807) is 6.92 Å². The molecule has 158 valence electrons. The van der Waals surface area contributed by atoms with Crippen molar-refractivity contribution in [2.75, 3.05) is 7.11 Å². The third-order valence-electron chi connectivity index (χ3n) is 7.72. The third kappa shape index (κ3) is 4.59. The molecular weight excluding hydrogens is 403 g/mol. The predicted molar refractivity (Wildman–Crippen MR) is 113 cm³/mol. The Kier molecular flexibility index (Phi) is 8.29. The summed E-state index contributed by atoms with van der Waals surface area (Å²) in [6, 6.07) is 0. The molecule has 0 amide bonds. The SMILES string of the molecule is CCCCC(OC)C(CCCC)[Se][C@H]1[C@H]2CC[C@@](C)([C@@H]1OC(C)=O)C2(C)C.